The SMILES string of the molecule is CC(C)COCCn1nnnc1CCl. The molecule has 1 aromatic heterocycles. The number of hydrogen-bond donors (Lipinski definition) is 0. The summed E-state index contributed by atoms with van der Waals surface area (Å²) in [4.78, 5) is 0. The van der Waals surface area contributed by atoms with E-state index < -0.39 is 0 Å². The largest absolute Gasteiger partial charge is 0.379 e. The Kier molecular flexibility index (Phi) is 4.82. The molecule has 0 saturated carbocycles. The van der Waals surface area contributed by atoms with Crippen LogP contribution in [-0.4, -0.2) is 33.4 Å². The Morgan fingerprint density at radius 1 is 1.50 bits per heavy atom. The number of nitrogens with zero attached hydrogens (tertiary/aromatic N) is 4. The van der Waals surface area contributed by atoms with Gasteiger partial charge in [0.1, 0.15) is 0 Å². The van der Waals surface area contributed by atoms with E-state index in [2.05, 4.69) is 29.4 Å². The second-order valence-corrected chi connectivity index (χ2v) is 3.69. The Labute approximate surface area is 88.4 Å². The lowest BCUT2D eigenvalue weighted by Gasteiger charge is -2.06. The van der Waals surface area contributed by atoms with E-state index in [9.17, 15) is 0 Å². The van der Waals surface area contributed by atoms with Crippen LogP contribution in [0.5, 0.6) is 0 Å². The highest BCUT2D eigenvalue weighted by molar-refractivity contribution is 6.16. The summed E-state index contributed by atoms with van der Waals surface area (Å²) in [6, 6.07) is 0. The van der Waals surface area contributed by atoms with Gasteiger partial charge in [0.25, 0.3) is 0 Å². The van der Waals surface area contributed by atoms with Crippen molar-refractivity contribution >= 4 is 11.6 Å². The number of hydrogen-bond acceptors (Lipinski definition) is 4. The second kappa shape index (κ2) is 5.93. The average Bonchev–Trinajstić information content (AvgIpc) is 2.59. The summed E-state index contributed by atoms with van der Waals surface area (Å²) in [5.74, 6) is 1.56. The fraction of sp³-hybridized carbons (Fsp3) is 0.875. The predicted octanol–water partition coefficient (Wildman–Crippen LogP) is 1.08. The molecular formula is C8H15ClN4O. The third-order valence-electron chi connectivity index (χ3n) is 1.62. The molecule has 80 valence electrons. The van der Waals surface area contributed by atoms with Crippen molar-refractivity contribution in [3.05, 3.63) is 5.82 Å². The lowest BCUT2D eigenvalue weighted by Crippen LogP contribution is -2.12. The van der Waals surface area contributed by atoms with Crippen LogP contribution in [0.1, 0.15) is 19.7 Å². The van der Waals surface area contributed by atoms with Gasteiger partial charge in [-0.05, 0) is 16.3 Å². The fourth-order valence-corrected chi connectivity index (χ4v) is 1.15. The molecule has 0 bridgehead atoms. The molecule has 0 radical (unpaired) electrons. The Morgan fingerprint density at radius 2 is 2.29 bits per heavy atom. The van der Waals surface area contributed by atoms with E-state index in [1.807, 2.05) is 0 Å². The number of aromatic nitrogens is 4. The maximum Gasteiger partial charge on any atom is 0.166 e. The van der Waals surface area contributed by atoms with Crippen molar-refractivity contribution in [2.45, 2.75) is 26.3 Å². The van der Waals surface area contributed by atoms with Crippen molar-refractivity contribution in [2.24, 2.45) is 5.92 Å². The predicted molar refractivity (Wildman–Crippen MR) is 53.0 cm³/mol. The molecule has 0 amide bonds. The minimum Gasteiger partial charge on any atom is -0.379 e. The van der Waals surface area contributed by atoms with E-state index in [-0.39, 0.29) is 0 Å². The van der Waals surface area contributed by atoms with Crippen LogP contribution < -0.4 is 0 Å². The molecule has 0 N–H and O–H groups in total. The summed E-state index contributed by atoms with van der Waals surface area (Å²) in [5.41, 5.74) is 0. The quantitative estimate of drug-likeness (QED) is 0.530. The third kappa shape index (κ3) is 3.59. The summed E-state index contributed by atoms with van der Waals surface area (Å²) in [6.07, 6.45) is 0. The molecule has 0 atom stereocenters. The first-order chi connectivity index (χ1) is 6.74. The first-order valence-corrected chi connectivity index (χ1v) is 5.16. The lowest BCUT2D eigenvalue weighted by molar-refractivity contribution is 0.100. The van der Waals surface area contributed by atoms with E-state index in [1.165, 1.54) is 0 Å². The number of rotatable bonds is 6. The molecule has 0 aliphatic rings. The number of alkyl halides is 1. The zero-order chi connectivity index (χ0) is 10.4. The van der Waals surface area contributed by atoms with Gasteiger partial charge in [0.15, 0.2) is 5.82 Å². The number of tetrazole rings is 1. The van der Waals surface area contributed by atoms with Crippen LogP contribution in [-0.2, 0) is 17.2 Å². The fourth-order valence-electron chi connectivity index (χ4n) is 0.963. The molecule has 14 heavy (non-hydrogen) atoms. The van der Waals surface area contributed by atoms with E-state index in [4.69, 9.17) is 16.3 Å². The van der Waals surface area contributed by atoms with Gasteiger partial charge in [0.05, 0.1) is 19.0 Å². The highest BCUT2D eigenvalue weighted by Gasteiger charge is 2.03. The van der Waals surface area contributed by atoms with Gasteiger partial charge in [-0.3, -0.25) is 0 Å². The molecule has 1 rings (SSSR count). The van der Waals surface area contributed by atoms with E-state index in [0.29, 0.717) is 30.8 Å². The van der Waals surface area contributed by atoms with Gasteiger partial charge in [-0.1, -0.05) is 13.8 Å². The van der Waals surface area contributed by atoms with Crippen molar-refractivity contribution in [3.8, 4) is 0 Å². The lowest BCUT2D eigenvalue weighted by atomic mass is 10.2. The van der Waals surface area contributed by atoms with Crippen LogP contribution in [0, 0.1) is 5.92 Å². The Hall–Kier alpha value is -0.680. The second-order valence-electron chi connectivity index (χ2n) is 3.42. The highest BCUT2D eigenvalue weighted by atomic mass is 35.5. The molecule has 1 heterocycles. The van der Waals surface area contributed by atoms with Crippen molar-refractivity contribution in [1.29, 1.82) is 0 Å². The summed E-state index contributed by atoms with van der Waals surface area (Å²) in [7, 11) is 0. The van der Waals surface area contributed by atoms with Crippen LogP contribution in [0.4, 0.5) is 0 Å². The molecular weight excluding hydrogens is 204 g/mol. The van der Waals surface area contributed by atoms with Gasteiger partial charge in [0, 0.05) is 6.61 Å². The van der Waals surface area contributed by atoms with Crippen LogP contribution in [0.3, 0.4) is 0 Å². The summed E-state index contributed by atoms with van der Waals surface area (Å²) >= 11 is 5.63. The van der Waals surface area contributed by atoms with Gasteiger partial charge in [-0.25, -0.2) is 4.68 Å². The van der Waals surface area contributed by atoms with Crippen molar-refractivity contribution in [3.63, 3.8) is 0 Å². The first kappa shape index (κ1) is 11.4. The Bertz CT molecular complexity index is 264. The number of ether oxygens (including phenoxy) is 1. The van der Waals surface area contributed by atoms with Crippen LogP contribution in [0.2, 0.25) is 0 Å². The van der Waals surface area contributed by atoms with E-state index >= 15 is 0 Å². The average molecular weight is 219 g/mol. The minimum absolute atomic E-state index is 0.331. The molecule has 0 spiro atoms. The Balaban J connectivity index is 2.24. The van der Waals surface area contributed by atoms with Gasteiger partial charge in [0.2, 0.25) is 0 Å². The Morgan fingerprint density at radius 3 is 2.93 bits per heavy atom. The maximum absolute atomic E-state index is 5.63. The van der Waals surface area contributed by atoms with Crippen LogP contribution in [0.25, 0.3) is 0 Å². The molecule has 0 fully saturated rings. The van der Waals surface area contributed by atoms with Gasteiger partial charge in [-0.2, -0.15) is 0 Å². The molecule has 5 nitrogen and oxygen atoms in total. The summed E-state index contributed by atoms with van der Waals surface area (Å²) < 4.78 is 7.07. The van der Waals surface area contributed by atoms with Crippen molar-refractivity contribution < 1.29 is 4.74 Å². The normalized spacial score (nSPS) is 11.1. The van der Waals surface area contributed by atoms with Crippen molar-refractivity contribution in [1.82, 2.24) is 20.2 Å². The molecule has 0 unspecified atom stereocenters. The zero-order valence-corrected chi connectivity index (χ0v) is 9.24. The smallest absolute Gasteiger partial charge is 0.166 e. The van der Waals surface area contributed by atoms with Gasteiger partial charge < -0.3 is 4.74 Å². The van der Waals surface area contributed by atoms with Crippen LogP contribution >= 0.6 is 11.6 Å². The number of halogens is 1. The van der Waals surface area contributed by atoms with E-state index in [0.717, 1.165) is 6.61 Å². The summed E-state index contributed by atoms with van der Waals surface area (Å²) in [6.45, 7) is 6.26. The standard InChI is InChI=1S/C8H15ClN4O/c1-7(2)6-14-4-3-13-8(5-9)10-11-12-13/h7H,3-6H2,1-2H3. The molecule has 0 aliphatic carbocycles. The molecule has 0 aromatic carbocycles. The van der Waals surface area contributed by atoms with E-state index in [1.54, 1.807) is 4.68 Å². The summed E-state index contributed by atoms with van der Waals surface area (Å²) in [5, 5.41) is 11.1. The van der Waals surface area contributed by atoms with Crippen LogP contribution in [0.15, 0.2) is 0 Å². The third-order valence-corrected chi connectivity index (χ3v) is 1.86. The minimum atomic E-state index is 0.331. The molecule has 0 saturated heterocycles. The monoisotopic (exact) mass is 218 g/mol. The molecule has 6 heteroatoms. The maximum atomic E-state index is 5.63. The van der Waals surface area contributed by atoms with Gasteiger partial charge >= 0.3 is 0 Å². The zero-order valence-electron chi connectivity index (χ0n) is 8.48. The first-order valence-electron chi connectivity index (χ1n) is 4.62. The van der Waals surface area contributed by atoms with Crippen molar-refractivity contribution in [2.75, 3.05) is 13.2 Å². The molecule has 1 aromatic rings. The highest BCUT2D eigenvalue weighted by Crippen LogP contribution is 1.97. The molecule has 0 aliphatic heterocycles. The van der Waals surface area contributed by atoms with Gasteiger partial charge in [-0.15, -0.1) is 16.7 Å². The topological polar surface area (TPSA) is 52.8 Å².